The number of hydrogen-bond donors (Lipinski definition) is 1. The summed E-state index contributed by atoms with van der Waals surface area (Å²) in [7, 11) is 1.94. The van der Waals surface area contributed by atoms with Gasteiger partial charge in [0.25, 0.3) is 11.5 Å². The molecule has 5 rings (SSSR count). The van der Waals surface area contributed by atoms with E-state index in [4.69, 9.17) is 0 Å². The number of benzene rings is 1. The zero-order valence-corrected chi connectivity index (χ0v) is 22.2. The van der Waals surface area contributed by atoms with Gasteiger partial charge in [-0.25, -0.2) is 0 Å². The molecule has 1 aliphatic heterocycles. The predicted octanol–water partition coefficient (Wildman–Crippen LogP) is 4.15. The van der Waals surface area contributed by atoms with Crippen molar-refractivity contribution in [1.82, 2.24) is 24.2 Å². The normalized spacial score (nSPS) is 16.6. The van der Waals surface area contributed by atoms with Crippen LogP contribution in [-0.4, -0.2) is 43.2 Å². The van der Waals surface area contributed by atoms with Crippen LogP contribution in [0.4, 0.5) is 5.69 Å². The van der Waals surface area contributed by atoms with Crippen molar-refractivity contribution >= 4 is 11.6 Å². The largest absolute Gasteiger partial charge is 0.322 e. The lowest BCUT2D eigenvalue weighted by Crippen LogP contribution is -2.33. The molecule has 2 aromatic heterocycles. The Bertz CT molecular complexity index is 1310. The third-order valence-electron chi connectivity index (χ3n) is 7.70. The second-order valence-electron chi connectivity index (χ2n) is 11.5. The topological polar surface area (TPSA) is 85.1 Å². The molecule has 2 aliphatic rings. The van der Waals surface area contributed by atoms with Crippen LogP contribution in [0, 0.1) is 5.92 Å². The van der Waals surface area contributed by atoms with E-state index in [2.05, 4.69) is 40.3 Å². The Morgan fingerprint density at radius 2 is 1.92 bits per heavy atom. The van der Waals surface area contributed by atoms with E-state index in [-0.39, 0.29) is 22.4 Å². The molecular weight excluding hydrogens is 464 g/mol. The van der Waals surface area contributed by atoms with Crippen LogP contribution < -0.4 is 10.9 Å². The number of piperidine rings is 1. The lowest BCUT2D eigenvalue weighted by atomic mass is 9.81. The fourth-order valence-corrected chi connectivity index (χ4v) is 5.22. The fraction of sp³-hybridized carbons (Fsp3) is 0.517. The molecule has 1 aliphatic carbocycles. The van der Waals surface area contributed by atoms with Gasteiger partial charge in [0.1, 0.15) is 17.7 Å². The molecule has 196 valence electrons. The summed E-state index contributed by atoms with van der Waals surface area (Å²) in [5, 5.41) is 11.2. The van der Waals surface area contributed by atoms with Gasteiger partial charge in [-0.1, -0.05) is 32.4 Å². The van der Waals surface area contributed by atoms with E-state index in [1.165, 1.54) is 19.3 Å². The molecule has 0 atom stereocenters. The van der Waals surface area contributed by atoms with E-state index in [1.807, 2.05) is 36.0 Å². The molecule has 2 fully saturated rings. The maximum absolute atomic E-state index is 13.4. The number of likely N-dealkylation sites (tertiary alicyclic amines) is 1. The lowest BCUT2D eigenvalue weighted by molar-refractivity contribution is 0.102. The van der Waals surface area contributed by atoms with Crippen LogP contribution in [0.2, 0.25) is 0 Å². The van der Waals surface area contributed by atoms with Gasteiger partial charge in [0.05, 0.1) is 0 Å². The molecule has 0 bridgehead atoms. The van der Waals surface area contributed by atoms with Gasteiger partial charge in [-0.15, -0.1) is 10.2 Å². The highest BCUT2D eigenvalue weighted by Crippen LogP contribution is 2.31. The number of rotatable bonds is 9. The number of nitrogens with zero attached hydrogens (tertiary/aromatic N) is 5. The average molecular weight is 503 g/mol. The van der Waals surface area contributed by atoms with Gasteiger partial charge in [0.15, 0.2) is 0 Å². The Morgan fingerprint density at radius 1 is 1.14 bits per heavy atom. The highest BCUT2D eigenvalue weighted by molar-refractivity contribution is 6.04. The first-order valence-electron chi connectivity index (χ1n) is 13.5. The Kier molecular flexibility index (Phi) is 7.29. The number of carbonyl (C=O) groups excluding carboxylic acids is 1. The third-order valence-corrected chi connectivity index (χ3v) is 7.70. The molecule has 8 heteroatoms. The summed E-state index contributed by atoms with van der Waals surface area (Å²) in [6.45, 7) is 7.92. The van der Waals surface area contributed by atoms with Crippen molar-refractivity contribution in [3.05, 3.63) is 75.7 Å². The fourth-order valence-electron chi connectivity index (χ4n) is 5.22. The Morgan fingerprint density at radius 3 is 2.62 bits per heavy atom. The van der Waals surface area contributed by atoms with Gasteiger partial charge in [0, 0.05) is 38.4 Å². The minimum absolute atomic E-state index is 0.203. The highest BCUT2D eigenvalue weighted by Gasteiger charge is 2.26. The van der Waals surface area contributed by atoms with Crippen LogP contribution in [0.25, 0.3) is 0 Å². The van der Waals surface area contributed by atoms with E-state index < -0.39 is 0 Å². The van der Waals surface area contributed by atoms with Gasteiger partial charge in [-0.2, -0.15) is 0 Å². The van der Waals surface area contributed by atoms with Gasteiger partial charge in [-0.05, 0) is 79.4 Å². The molecule has 0 unspecified atom stereocenters. The van der Waals surface area contributed by atoms with E-state index in [1.54, 1.807) is 17.0 Å². The van der Waals surface area contributed by atoms with Crippen LogP contribution in [0.3, 0.4) is 0 Å². The number of anilines is 1. The quantitative estimate of drug-likeness (QED) is 0.475. The lowest BCUT2D eigenvalue weighted by Gasteiger charge is -2.27. The molecule has 3 aromatic rings. The minimum atomic E-state index is -0.349. The van der Waals surface area contributed by atoms with Crippen molar-refractivity contribution < 1.29 is 4.79 Å². The van der Waals surface area contributed by atoms with Crippen molar-refractivity contribution in [2.45, 2.75) is 70.9 Å². The molecule has 1 N–H and O–H groups in total. The van der Waals surface area contributed by atoms with Crippen molar-refractivity contribution in [1.29, 1.82) is 0 Å². The van der Waals surface area contributed by atoms with Gasteiger partial charge in [-0.3, -0.25) is 14.5 Å². The summed E-state index contributed by atoms with van der Waals surface area (Å²) in [5.41, 5.74) is 2.60. The van der Waals surface area contributed by atoms with Crippen LogP contribution in [0.1, 0.15) is 73.3 Å². The van der Waals surface area contributed by atoms with Crippen molar-refractivity contribution in [3.63, 3.8) is 0 Å². The second-order valence-corrected chi connectivity index (χ2v) is 11.5. The van der Waals surface area contributed by atoms with Gasteiger partial charge in [0.2, 0.25) is 0 Å². The first-order chi connectivity index (χ1) is 17.8. The number of nitrogens with one attached hydrogen (secondary N) is 1. The molecule has 1 amide bonds. The first-order valence-corrected chi connectivity index (χ1v) is 13.5. The van der Waals surface area contributed by atoms with E-state index >= 15 is 0 Å². The molecule has 3 heterocycles. The van der Waals surface area contributed by atoms with Crippen molar-refractivity contribution in [2.75, 3.05) is 18.4 Å². The monoisotopic (exact) mass is 502 g/mol. The maximum atomic E-state index is 13.4. The molecule has 37 heavy (non-hydrogen) atoms. The first kappa shape index (κ1) is 25.4. The van der Waals surface area contributed by atoms with Crippen LogP contribution in [-0.2, 0) is 32.0 Å². The Labute approximate surface area is 218 Å². The van der Waals surface area contributed by atoms with Gasteiger partial charge >= 0.3 is 0 Å². The standard InChI is InChI=1S/C29H38N6O2/c1-29(2,16-26-32-30-20-33(26)3)23-8-7-9-24(15-23)31-27(36)25-14-22(17-34-12-5-4-6-13-34)19-35(28(25)37)18-21-10-11-21/h7-9,14-15,19-21H,4-6,10-13,16-18H2,1-3H3,(H,31,36). The molecule has 1 aromatic carbocycles. The maximum Gasteiger partial charge on any atom is 0.263 e. The summed E-state index contributed by atoms with van der Waals surface area (Å²) >= 11 is 0. The summed E-state index contributed by atoms with van der Waals surface area (Å²) in [6, 6.07) is 9.68. The molecule has 0 spiro atoms. The summed E-state index contributed by atoms with van der Waals surface area (Å²) in [6.07, 6.45) is 10.4. The number of amides is 1. The van der Waals surface area contributed by atoms with E-state index in [0.29, 0.717) is 24.6 Å². The summed E-state index contributed by atoms with van der Waals surface area (Å²) in [4.78, 5) is 29.2. The van der Waals surface area contributed by atoms with Crippen LogP contribution >= 0.6 is 0 Å². The number of aryl methyl sites for hydroxylation is 1. The SMILES string of the molecule is Cn1cnnc1CC(C)(C)c1cccc(NC(=O)c2cc(CN3CCCCC3)cn(CC3CC3)c2=O)c1. The van der Waals surface area contributed by atoms with E-state index in [9.17, 15) is 9.59 Å². The molecular formula is C29H38N6O2. The molecule has 1 saturated heterocycles. The second kappa shape index (κ2) is 10.6. The van der Waals surface area contributed by atoms with Crippen LogP contribution in [0.5, 0.6) is 0 Å². The van der Waals surface area contributed by atoms with Crippen LogP contribution in [0.15, 0.2) is 47.7 Å². The number of aromatic nitrogens is 4. The Balaban J connectivity index is 1.37. The molecule has 0 radical (unpaired) electrons. The zero-order chi connectivity index (χ0) is 26.0. The summed E-state index contributed by atoms with van der Waals surface area (Å²) < 4.78 is 3.70. The molecule has 8 nitrogen and oxygen atoms in total. The van der Waals surface area contributed by atoms with E-state index in [0.717, 1.165) is 49.4 Å². The van der Waals surface area contributed by atoms with Crippen molar-refractivity contribution in [2.24, 2.45) is 13.0 Å². The smallest absolute Gasteiger partial charge is 0.263 e. The zero-order valence-electron chi connectivity index (χ0n) is 22.2. The Hall–Kier alpha value is -3.26. The number of hydrogen-bond acceptors (Lipinski definition) is 5. The molecule has 1 saturated carbocycles. The number of carbonyl (C=O) groups is 1. The number of pyridine rings is 1. The average Bonchev–Trinajstić information content (AvgIpc) is 3.61. The van der Waals surface area contributed by atoms with Gasteiger partial charge < -0.3 is 14.5 Å². The minimum Gasteiger partial charge on any atom is -0.322 e. The predicted molar refractivity (Wildman–Crippen MR) is 145 cm³/mol. The summed E-state index contributed by atoms with van der Waals surface area (Å²) in [5.74, 6) is 1.10. The van der Waals surface area contributed by atoms with Crippen molar-refractivity contribution in [3.8, 4) is 0 Å². The third kappa shape index (κ3) is 6.18. The highest BCUT2D eigenvalue weighted by atomic mass is 16.2.